The molecule has 192 valence electrons. The van der Waals surface area contributed by atoms with Crippen LogP contribution in [-0.4, -0.2) is 57.9 Å². The van der Waals surface area contributed by atoms with Crippen molar-refractivity contribution in [3.8, 4) is 5.75 Å². The molecule has 0 bridgehead atoms. The molecule has 1 fully saturated rings. The highest BCUT2D eigenvalue weighted by Gasteiger charge is 2.48. The number of fused-ring (bicyclic) bond motifs is 4. The van der Waals surface area contributed by atoms with Crippen molar-refractivity contribution in [2.45, 2.75) is 84.0 Å². The van der Waals surface area contributed by atoms with E-state index in [1.807, 2.05) is 18.2 Å². The third-order valence-corrected chi connectivity index (χ3v) is 6.47. The van der Waals surface area contributed by atoms with Crippen molar-refractivity contribution in [2.24, 2.45) is 5.92 Å². The number of hydrogen-bond donors (Lipinski definition) is 2. The molecule has 9 nitrogen and oxygen atoms in total. The number of ether oxygens (including phenoxy) is 2. The molecule has 35 heavy (non-hydrogen) atoms. The van der Waals surface area contributed by atoms with Gasteiger partial charge in [-0.3, -0.25) is 14.4 Å². The van der Waals surface area contributed by atoms with Crippen LogP contribution in [0.25, 0.3) is 10.9 Å². The normalized spacial score (nSPS) is 21.8. The first kappa shape index (κ1) is 26.5. The zero-order chi connectivity index (χ0) is 24.8. The van der Waals surface area contributed by atoms with Gasteiger partial charge in [-0.25, -0.2) is 0 Å². The van der Waals surface area contributed by atoms with Crippen molar-refractivity contribution >= 4 is 28.7 Å². The van der Waals surface area contributed by atoms with Crippen LogP contribution in [0.1, 0.15) is 71.2 Å². The summed E-state index contributed by atoms with van der Waals surface area (Å²) in [5.41, 5.74) is 2.42. The molecule has 0 aliphatic carbocycles. The van der Waals surface area contributed by atoms with Gasteiger partial charge in [0.2, 0.25) is 11.8 Å². The van der Waals surface area contributed by atoms with Gasteiger partial charge in [0, 0.05) is 35.5 Å². The van der Waals surface area contributed by atoms with Crippen LogP contribution < -0.4 is 10.1 Å². The van der Waals surface area contributed by atoms with Crippen LogP contribution in [0.4, 0.5) is 0 Å². The third-order valence-electron chi connectivity index (χ3n) is 6.47. The van der Waals surface area contributed by atoms with Crippen LogP contribution >= 0.6 is 0 Å². The van der Waals surface area contributed by atoms with Crippen molar-refractivity contribution in [3.05, 3.63) is 29.5 Å². The molecule has 3 atom stereocenters. The van der Waals surface area contributed by atoms with Crippen LogP contribution in [0.5, 0.6) is 5.75 Å². The molecule has 2 amide bonds. The number of esters is 1. The van der Waals surface area contributed by atoms with Crippen molar-refractivity contribution in [1.29, 1.82) is 0 Å². The molecule has 1 aromatic carbocycles. The number of rotatable bonds is 6. The number of amides is 2. The summed E-state index contributed by atoms with van der Waals surface area (Å²) in [6, 6.07) is 4.33. The zero-order valence-corrected chi connectivity index (χ0v) is 21.4. The van der Waals surface area contributed by atoms with E-state index in [1.165, 1.54) is 0 Å². The highest BCUT2D eigenvalue weighted by atomic mass is 16.6. The van der Waals surface area contributed by atoms with E-state index in [4.69, 9.17) is 9.47 Å². The number of nitrogens with zero attached hydrogens (tertiary/aromatic N) is 1. The first-order valence-corrected chi connectivity index (χ1v) is 12.0. The average molecular weight is 488 g/mol. The SMILES string of the molecule is COc1ccc2c3c([nH]c2c1)[C@H](CC(C)C)N1C(=O)[C@H](CCC(=O)OC(C)(C)C)NC(=O)[C@@H]1C3.O. The lowest BCUT2D eigenvalue weighted by Gasteiger charge is -2.46. The second kappa shape index (κ2) is 9.89. The van der Waals surface area contributed by atoms with E-state index in [-0.39, 0.29) is 42.1 Å². The highest BCUT2D eigenvalue weighted by molar-refractivity contribution is 5.99. The Morgan fingerprint density at radius 2 is 1.94 bits per heavy atom. The maximum absolute atomic E-state index is 13.6. The Morgan fingerprint density at radius 1 is 1.23 bits per heavy atom. The Hall–Kier alpha value is -3.07. The number of benzene rings is 1. The maximum atomic E-state index is 13.6. The molecule has 2 aliphatic rings. The van der Waals surface area contributed by atoms with Crippen LogP contribution in [0.2, 0.25) is 0 Å². The number of carbonyl (C=O) groups excluding carboxylic acids is 3. The van der Waals surface area contributed by atoms with Crippen LogP contribution in [-0.2, 0) is 25.5 Å². The number of aromatic amines is 1. The summed E-state index contributed by atoms with van der Waals surface area (Å²) in [6.07, 6.45) is 1.46. The largest absolute Gasteiger partial charge is 0.497 e. The molecule has 1 aromatic heterocycles. The summed E-state index contributed by atoms with van der Waals surface area (Å²) in [4.78, 5) is 44.4. The summed E-state index contributed by atoms with van der Waals surface area (Å²) >= 11 is 0. The quantitative estimate of drug-likeness (QED) is 0.605. The Bertz CT molecular complexity index is 1120. The van der Waals surface area contributed by atoms with Crippen molar-refractivity contribution in [2.75, 3.05) is 7.11 Å². The van der Waals surface area contributed by atoms with E-state index in [1.54, 1.807) is 32.8 Å². The van der Waals surface area contributed by atoms with Crippen LogP contribution in [0, 0.1) is 5.92 Å². The first-order chi connectivity index (χ1) is 16.0. The molecule has 2 aromatic rings. The molecule has 0 unspecified atom stereocenters. The molecule has 0 spiro atoms. The smallest absolute Gasteiger partial charge is 0.306 e. The van der Waals surface area contributed by atoms with Gasteiger partial charge in [-0.1, -0.05) is 13.8 Å². The fraction of sp³-hybridized carbons (Fsp3) is 0.577. The fourth-order valence-electron chi connectivity index (χ4n) is 5.10. The number of piperazine rings is 1. The predicted octanol–water partition coefficient (Wildman–Crippen LogP) is 2.81. The topological polar surface area (TPSA) is 132 Å². The summed E-state index contributed by atoms with van der Waals surface area (Å²) in [5, 5.41) is 3.93. The van der Waals surface area contributed by atoms with E-state index >= 15 is 0 Å². The lowest BCUT2D eigenvalue weighted by Crippen LogP contribution is -2.66. The molecule has 0 radical (unpaired) electrons. The number of hydrogen-bond acceptors (Lipinski definition) is 5. The molecule has 9 heteroatoms. The van der Waals surface area contributed by atoms with Gasteiger partial charge in [-0.2, -0.15) is 0 Å². The Balaban J connectivity index is 0.00000342. The van der Waals surface area contributed by atoms with Gasteiger partial charge in [-0.15, -0.1) is 0 Å². The minimum atomic E-state index is -0.739. The summed E-state index contributed by atoms with van der Waals surface area (Å²) in [7, 11) is 1.63. The van der Waals surface area contributed by atoms with Crippen molar-refractivity contribution < 1.29 is 29.3 Å². The molecular weight excluding hydrogens is 450 g/mol. The number of carbonyl (C=O) groups is 3. The standard InChI is InChI=1S/C26H35N3O5.H2O/c1-14(2)11-20-23-17(16-8-7-15(33-6)12-19(16)27-23)13-21-24(31)28-18(25(32)29(20)21)9-10-22(30)34-26(3,4)5;/h7-8,12,14,18,20-21,27H,9-11,13H2,1-6H3,(H,28,31);1H2/t18-,20-,21-;/m0./s1. The second-order valence-electron chi connectivity index (χ2n) is 10.7. The lowest BCUT2D eigenvalue weighted by atomic mass is 9.85. The minimum Gasteiger partial charge on any atom is -0.497 e. The maximum Gasteiger partial charge on any atom is 0.306 e. The Kier molecular flexibility index (Phi) is 7.50. The molecular formula is C26H37N3O6. The third kappa shape index (κ3) is 5.29. The lowest BCUT2D eigenvalue weighted by molar-refractivity contribution is -0.157. The Morgan fingerprint density at radius 3 is 2.57 bits per heavy atom. The predicted molar refractivity (Wildman–Crippen MR) is 132 cm³/mol. The summed E-state index contributed by atoms with van der Waals surface area (Å²) in [6.45, 7) is 9.65. The number of aromatic nitrogens is 1. The van der Waals surface area contributed by atoms with E-state index < -0.39 is 17.7 Å². The summed E-state index contributed by atoms with van der Waals surface area (Å²) < 4.78 is 10.8. The van der Waals surface area contributed by atoms with E-state index in [9.17, 15) is 14.4 Å². The molecule has 0 saturated carbocycles. The van der Waals surface area contributed by atoms with E-state index in [2.05, 4.69) is 24.1 Å². The van der Waals surface area contributed by atoms with Crippen molar-refractivity contribution in [1.82, 2.24) is 15.2 Å². The average Bonchev–Trinajstić information content (AvgIpc) is 3.11. The van der Waals surface area contributed by atoms with Gasteiger partial charge in [0.1, 0.15) is 23.4 Å². The Labute approximate surface area is 205 Å². The molecule has 4 N–H and O–H groups in total. The first-order valence-electron chi connectivity index (χ1n) is 12.0. The summed E-state index contributed by atoms with van der Waals surface area (Å²) in [5.74, 6) is 0.383. The number of H-pyrrole nitrogens is 1. The number of nitrogens with one attached hydrogen (secondary N) is 2. The molecule has 2 aliphatic heterocycles. The van der Waals surface area contributed by atoms with Gasteiger partial charge in [0.15, 0.2) is 0 Å². The van der Waals surface area contributed by atoms with Crippen LogP contribution in [0.3, 0.4) is 0 Å². The monoisotopic (exact) mass is 487 g/mol. The van der Waals surface area contributed by atoms with E-state index in [0.29, 0.717) is 12.3 Å². The fourth-order valence-corrected chi connectivity index (χ4v) is 5.10. The molecule has 4 rings (SSSR count). The zero-order valence-electron chi connectivity index (χ0n) is 21.4. The molecule has 1 saturated heterocycles. The second-order valence-corrected chi connectivity index (χ2v) is 10.7. The highest BCUT2D eigenvalue weighted by Crippen LogP contribution is 2.42. The van der Waals surface area contributed by atoms with E-state index in [0.717, 1.165) is 34.3 Å². The molecule has 3 heterocycles. The van der Waals surface area contributed by atoms with Gasteiger partial charge < -0.3 is 30.2 Å². The number of methoxy groups -OCH3 is 1. The van der Waals surface area contributed by atoms with Gasteiger partial charge in [-0.05, 0) is 57.2 Å². The van der Waals surface area contributed by atoms with Gasteiger partial charge in [0.25, 0.3) is 0 Å². The van der Waals surface area contributed by atoms with Crippen LogP contribution in [0.15, 0.2) is 18.2 Å². The van der Waals surface area contributed by atoms with Crippen molar-refractivity contribution in [3.63, 3.8) is 0 Å². The van der Waals surface area contributed by atoms with Gasteiger partial charge in [0.05, 0.1) is 13.2 Å². The van der Waals surface area contributed by atoms with Gasteiger partial charge >= 0.3 is 5.97 Å². The minimum absolute atomic E-state index is 0.